The fraction of sp³-hybridized carbons (Fsp3) is 0. The predicted molar refractivity (Wildman–Crippen MR) is 79.0 cm³/mol. The van der Waals surface area contributed by atoms with Gasteiger partial charge in [0.25, 0.3) is 0 Å². The summed E-state index contributed by atoms with van der Waals surface area (Å²) in [5, 5.41) is 12.1. The summed E-state index contributed by atoms with van der Waals surface area (Å²) in [7, 11) is 0. The van der Waals surface area contributed by atoms with Crippen LogP contribution in [0.2, 0.25) is 10.0 Å². The van der Waals surface area contributed by atoms with Crippen LogP contribution in [0.25, 0.3) is 17.1 Å². The number of hydrogen-bond donors (Lipinski definition) is 1. The molecule has 0 saturated heterocycles. The molecule has 0 saturated carbocycles. The Morgan fingerprint density at radius 1 is 1.10 bits per heavy atom. The van der Waals surface area contributed by atoms with Gasteiger partial charge in [-0.2, -0.15) is 4.68 Å². The first-order valence-corrected chi connectivity index (χ1v) is 6.60. The van der Waals surface area contributed by atoms with Crippen molar-refractivity contribution < 1.29 is 4.39 Å². The molecule has 2 N–H and O–H groups in total. The van der Waals surface area contributed by atoms with Gasteiger partial charge >= 0.3 is 0 Å². The number of nitrogen functional groups attached to an aromatic ring is 1. The number of benzene rings is 2. The maximum absolute atomic E-state index is 13.5. The van der Waals surface area contributed by atoms with Crippen LogP contribution >= 0.6 is 23.2 Å². The number of nitrogens with zero attached hydrogens (tertiary/aromatic N) is 4. The molecule has 0 aliphatic rings. The van der Waals surface area contributed by atoms with Gasteiger partial charge in [0.05, 0.1) is 16.4 Å². The fourth-order valence-corrected chi connectivity index (χ4v) is 2.22. The van der Waals surface area contributed by atoms with Crippen LogP contribution in [-0.4, -0.2) is 20.2 Å². The van der Waals surface area contributed by atoms with E-state index in [1.165, 1.54) is 16.8 Å². The van der Waals surface area contributed by atoms with Crippen molar-refractivity contribution in [1.29, 1.82) is 0 Å². The summed E-state index contributed by atoms with van der Waals surface area (Å²) >= 11 is 11.7. The van der Waals surface area contributed by atoms with Gasteiger partial charge in [0.15, 0.2) is 5.82 Å². The van der Waals surface area contributed by atoms with Crippen molar-refractivity contribution in [3.63, 3.8) is 0 Å². The number of rotatable bonds is 2. The van der Waals surface area contributed by atoms with Gasteiger partial charge in [-0.15, -0.1) is 5.10 Å². The number of anilines is 1. The van der Waals surface area contributed by atoms with Crippen LogP contribution < -0.4 is 5.73 Å². The highest BCUT2D eigenvalue weighted by Crippen LogP contribution is 2.27. The first-order chi connectivity index (χ1) is 10.0. The van der Waals surface area contributed by atoms with E-state index in [9.17, 15) is 4.39 Å². The molecule has 0 bridgehead atoms. The smallest absolute Gasteiger partial charge is 0.187 e. The van der Waals surface area contributed by atoms with E-state index in [1.54, 1.807) is 24.3 Å². The summed E-state index contributed by atoms with van der Waals surface area (Å²) in [6.45, 7) is 0. The van der Waals surface area contributed by atoms with Gasteiger partial charge in [0.2, 0.25) is 0 Å². The second-order valence-electron chi connectivity index (χ2n) is 4.28. The maximum Gasteiger partial charge on any atom is 0.187 e. The van der Waals surface area contributed by atoms with Gasteiger partial charge < -0.3 is 5.73 Å². The Morgan fingerprint density at radius 2 is 1.90 bits per heavy atom. The van der Waals surface area contributed by atoms with Crippen LogP contribution in [0, 0.1) is 5.82 Å². The molecule has 1 aromatic heterocycles. The zero-order valence-electron chi connectivity index (χ0n) is 10.5. The van der Waals surface area contributed by atoms with Gasteiger partial charge in [-0.1, -0.05) is 23.2 Å². The topological polar surface area (TPSA) is 69.6 Å². The standard InChI is InChI=1S/C13H8Cl2FN5/c14-8-4-9(16)6-10(5-8)21-13(18-19-20-21)7-1-2-11(15)12(17)3-7/h1-6H,17H2. The minimum Gasteiger partial charge on any atom is -0.398 e. The molecule has 3 rings (SSSR count). The molecule has 0 atom stereocenters. The Morgan fingerprint density at radius 3 is 2.62 bits per heavy atom. The molecule has 2 aromatic carbocycles. The van der Waals surface area contributed by atoms with Crippen molar-refractivity contribution in [3.8, 4) is 17.1 Å². The Kier molecular flexibility index (Phi) is 3.48. The quantitative estimate of drug-likeness (QED) is 0.734. The molecule has 5 nitrogen and oxygen atoms in total. The number of hydrogen-bond acceptors (Lipinski definition) is 4. The highest BCUT2D eigenvalue weighted by Gasteiger charge is 2.13. The third-order valence-electron chi connectivity index (χ3n) is 2.82. The van der Waals surface area contributed by atoms with E-state index in [4.69, 9.17) is 28.9 Å². The molecule has 0 aliphatic heterocycles. The van der Waals surface area contributed by atoms with Gasteiger partial charge in [-0.3, -0.25) is 0 Å². The molecule has 3 aromatic rings. The Balaban J connectivity index is 2.14. The second-order valence-corrected chi connectivity index (χ2v) is 5.12. The van der Waals surface area contributed by atoms with E-state index in [2.05, 4.69) is 15.5 Å². The van der Waals surface area contributed by atoms with Crippen LogP contribution in [0.4, 0.5) is 10.1 Å². The zero-order valence-corrected chi connectivity index (χ0v) is 12.0. The van der Waals surface area contributed by atoms with E-state index in [0.29, 0.717) is 27.8 Å². The molecule has 0 spiro atoms. The van der Waals surface area contributed by atoms with Gasteiger partial charge in [-0.25, -0.2) is 4.39 Å². The van der Waals surface area contributed by atoms with Crippen molar-refractivity contribution in [2.75, 3.05) is 5.73 Å². The molecule has 1 heterocycles. The molecule has 106 valence electrons. The summed E-state index contributed by atoms with van der Waals surface area (Å²) in [4.78, 5) is 0. The van der Waals surface area contributed by atoms with Crippen LogP contribution in [-0.2, 0) is 0 Å². The molecule has 8 heteroatoms. The number of halogens is 3. The van der Waals surface area contributed by atoms with Crippen molar-refractivity contribution in [3.05, 3.63) is 52.3 Å². The largest absolute Gasteiger partial charge is 0.398 e. The lowest BCUT2D eigenvalue weighted by Gasteiger charge is -2.06. The summed E-state index contributed by atoms with van der Waals surface area (Å²) in [5.74, 6) is -0.0744. The molecule has 0 amide bonds. The molecule has 0 unspecified atom stereocenters. The van der Waals surface area contributed by atoms with Crippen molar-refractivity contribution in [2.24, 2.45) is 0 Å². The first kappa shape index (κ1) is 13.8. The molecule has 0 aliphatic carbocycles. The number of aromatic nitrogens is 4. The van der Waals surface area contributed by atoms with Crippen LogP contribution in [0.3, 0.4) is 0 Å². The minimum atomic E-state index is -0.477. The van der Waals surface area contributed by atoms with Gasteiger partial charge in [0, 0.05) is 10.6 Å². The van der Waals surface area contributed by atoms with Crippen LogP contribution in [0.1, 0.15) is 0 Å². The van der Waals surface area contributed by atoms with Crippen LogP contribution in [0.15, 0.2) is 36.4 Å². The maximum atomic E-state index is 13.5. The third-order valence-corrected chi connectivity index (χ3v) is 3.38. The Hall–Kier alpha value is -2.18. The Labute approximate surface area is 129 Å². The summed E-state index contributed by atoms with van der Waals surface area (Å²) in [6.07, 6.45) is 0. The van der Waals surface area contributed by atoms with E-state index < -0.39 is 5.82 Å². The van der Waals surface area contributed by atoms with Gasteiger partial charge in [-0.05, 0) is 46.8 Å². The highest BCUT2D eigenvalue weighted by molar-refractivity contribution is 6.33. The van der Waals surface area contributed by atoms with E-state index in [-0.39, 0.29) is 5.02 Å². The highest BCUT2D eigenvalue weighted by atomic mass is 35.5. The van der Waals surface area contributed by atoms with Crippen LogP contribution in [0.5, 0.6) is 0 Å². The molecular weight excluding hydrogens is 316 g/mol. The molecular formula is C13H8Cl2FN5. The third kappa shape index (κ3) is 2.68. The average Bonchev–Trinajstić information content (AvgIpc) is 2.90. The first-order valence-electron chi connectivity index (χ1n) is 5.85. The monoisotopic (exact) mass is 323 g/mol. The predicted octanol–water partition coefficient (Wildman–Crippen LogP) is 3.36. The summed E-state index contributed by atoms with van der Waals surface area (Å²) in [6, 6.07) is 9.06. The summed E-state index contributed by atoms with van der Waals surface area (Å²) in [5.41, 5.74) is 7.24. The van der Waals surface area contributed by atoms with E-state index in [1.807, 2.05) is 0 Å². The van der Waals surface area contributed by atoms with E-state index >= 15 is 0 Å². The number of nitrogens with two attached hydrogens (primary N) is 1. The molecule has 0 fully saturated rings. The Bertz CT molecular complexity index is 798. The zero-order chi connectivity index (χ0) is 15.0. The van der Waals surface area contributed by atoms with Crippen molar-refractivity contribution >= 4 is 28.9 Å². The molecule has 0 radical (unpaired) electrons. The lowest BCUT2D eigenvalue weighted by atomic mass is 10.2. The normalized spacial score (nSPS) is 10.8. The fourth-order valence-electron chi connectivity index (χ4n) is 1.89. The second kappa shape index (κ2) is 5.31. The average molecular weight is 324 g/mol. The van der Waals surface area contributed by atoms with Crippen molar-refractivity contribution in [1.82, 2.24) is 20.2 Å². The lowest BCUT2D eigenvalue weighted by molar-refractivity contribution is 0.625. The SMILES string of the molecule is Nc1cc(-c2nnnn2-c2cc(F)cc(Cl)c2)ccc1Cl. The van der Waals surface area contributed by atoms with Crippen molar-refractivity contribution in [2.45, 2.75) is 0 Å². The minimum absolute atomic E-state index is 0.252. The summed E-state index contributed by atoms with van der Waals surface area (Å²) < 4.78 is 14.8. The molecule has 21 heavy (non-hydrogen) atoms. The van der Waals surface area contributed by atoms with E-state index in [0.717, 1.165) is 0 Å². The lowest BCUT2D eigenvalue weighted by Crippen LogP contribution is -2.01. The number of tetrazole rings is 1. The van der Waals surface area contributed by atoms with Gasteiger partial charge in [0.1, 0.15) is 5.82 Å².